The molecule has 6 heteroatoms. The molecule has 1 amide bonds. The summed E-state index contributed by atoms with van der Waals surface area (Å²) in [4.78, 5) is 12.0. The zero-order valence-electron chi connectivity index (χ0n) is 11.0. The highest BCUT2D eigenvalue weighted by atomic mass is 32.2. The summed E-state index contributed by atoms with van der Waals surface area (Å²) < 4.78 is 13.7. The SMILES string of the molecule is NC(=S)c1c(F)cccc1NC(=O)CC1CCSCC1. The van der Waals surface area contributed by atoms with Crippen LogP contribution in [0.2, 0.25) is 0 Å². The van der Waals surface area contributed by atoms with Gasteiger partial charge in [0.1, 0.15) is 10.8 Å². The molecule has 108 valence electrons. The summed E-state index contributed by atoms with van der Waals surface area (Å²) in [5.41, 5.74) is 5.97. The molecular formula is C14H17FN2OS2. The highest BCUT2D eigenvalue weighted by Crippen LogP contribution is 2.26. The average molecular weight is 312 g/mol. The van der Waals surface area contributed by atoms with Crippen molar-refractivity contribution in [2.45, 2.75) is 19.3 Å². The highest BCUT2D eigenvalue weighted by molar-refractivity contribution is 7.99. The van der Waals surface area contributed by atoms with E-state index in [0.717, 1.165) is 24.3 Å². The predicted octanol–water partition coefficient (Wildman–Crippen LogP) is 2.93. The van der Waals surface area contributed by atoms with Gasteiger partial charge in [-0.15, -0.1) is 0 Å². The maximum Gasteiger partial charge on any atom is 0.224 e. The molecule has 1 aliphatic rings. The molecule has 0 spiro atoms. The molecule has 1 aromatic carbocycles. The van der Waals surface area contributed by atoms with Gasteiger partial charge in [-0.2, -0.15) is 11.8 Å². The predicted molar refractivity (Wildman–Crippen MR) is 85.6 cm³/mol. The summed E-state index contributed by atoms with van der Waals surface area (Å²) in [6.45, 7) is 0. The van der Waals surface area contributed by atoms with Gasteiger partial charge in [0.05, 0.1) is 11.3 Å². The fourth-order valence-corrected chi connectivity index (χ4v) is 3.70. The Morgan fingerprint density at radius 1 is 1.45 bits per heavy atom. The Kier molecular flexibility index (Phi) is 5.37. The maximum atomic E-state index is 13.7. The first kappa shape index (κ1) is 15.3. The summed E-state index contributed by atoms with van der Waals surface area (Å²) in [6, 6.07) is 4.43. The van der Waals surface area contributed by atoms with Crippen LogP contribution in [-0.4, -0.2) is 22.4 Å². The van der Waals surface area contributed by atoms with Crippen LogP contribution in [-0.2, 0) is 4.79 Å². The largest absolute Gasteiger partial charge is 0.389 e. The number of rotatable bonds is 4. The molecule has 0 radical (unpaired) electrons. The van der Waals surface area contributed by atoms with Gasteiger partial charge in [0.15, 0.2) is 0 Å². The van der Waals surface area contributed by atoms with Crippen molar-refractivity contribution in [3.8, 4) is 0 Å². The van der Waals surface area contributed by atoms with Crippen molar-refractivity contribution in [2.75, 3.05) is 16.8 Å². The minimum absolute atomic E-state index is 0.0486. The maximum absolute atomic E-state index is 13.7. The van der Waals surface area contributed by atoms with Gasteiger partial charge in [-0.3, -0.25) is 4.79 Å². The summed E-state index contributed by atoms with van der Waals surface area (Å²) >= 11 is 6.76. The fourth-order valence-electron chi connectivity index (χ4n) is 2.29. The van der Waals surface area contributed by atoms with E-state index in [9.17, 15) is 9.18 Å². The normalized spacial score (nSPS) is 15.8. The van der Waals surface area contributed by atoms with E-state index in [2.05, 4.69) is 5.32 Å². The Bertz CT molecular complexity index is 516. The molecule has 0 aromatic heterocycles. The highest BCUT2D eigenvalue weighted by Gasteiger charge is 2.19. The van der Waals surface area contributed by atoms with E-state index < -0.39 is 5.82 Å². The summed E-state index contributed by atoms with van der Waals surface area (Å²) in [6.07, 6.45) is 2.58. The third-order valence-corrected chi connectivity index (χ3v) is 4.60. The van der Waals surface area contributed by atoms with Crippen molar-refractivity contribution in [1.29, 1.82) is 0 Å². The molecule has 0 atom stereocenters. The van der Waals surface area contributed by atoms with E-state index in [0.29, 0.717) is 18.0 Å². The zero-order chi connectivity index (χ0) is 14.5. The van der Waals surface area contributed by atoms with Crippen molar-refractivity contribution in [3.63, 3.8) is 0 Å². The first-order valence-electron chi connectivity index (χ1n) is 6.54. The summed E-state index contributed by atoms with van der Waals surface area (Å²) in [5, 5.41) is 2.73. The van der Waals surface area contributed by atoms with Crippen LogP contribution in [0, 0.1) is 11.7 Å². The number of anilines is 1. The number of thiocarbonyl (C=S) groups is 1. The molecule has 2 rings (SSSR count). The minimum Gasteiger partial charge on any atom is -0.389 e. The van der Waals surface area contributed by atoms with Crippen molar-refractivity contribution in [3.05, 3.63) is 29.6 Å². The Morgan fingerprint density at radius 2 is 2.15 bits per heavy atom. The fraction of sp³-hybridized carbons (Fsp3) is 0.429. The molecular weight excluding hydrogens is 295 g/mol. The molecule has 0 unspecified atom stereocenters. The lowest BCUT2D eigenvalue weighted by Crippen LogP contribution is -2.22. The van der Waals surface area contributed by atoms with Gasteiger partial charge in [0.25, 0.3) is 0 Å². The molecule has 0 bridgehead atoms. The van der Waals surface area contributed by atoms with Gasteiger partial charge in [0.2, 0.25) is 5.91 Å². The second-order valence-corrected chi connectivity index (χ2v) is 6.50. The molecule has 1 aliphatic heterocycles. The molecule has 1 fully saturated rings. The Labute approximate surface area is 127 Å². The monoisotopic (exact) mass is 312 g/mol. The number of nitrogens with two attached hydrogens (primary N) is 1. The molecule has 3 N–H and O–H groups in total. The van der Waals surface area contributed by atoms with E-state index in [1.54, 1.807) is 6.07 Å². The quantitative estimate of drug-likeness (QED) is 0.839. The standard InChI is InChI=1S/C14H17FN2OS2/c15-10-2-1-3-11(13(10)14(16)19)17-12(18)8-9-4-6-20-7-5-9/h1-3,9H,4-8H2,(H2,16,19)(H,17,18). The zero-order valence-corrected chi connectivity index (χ0v) is 12.7. The number of hydrogen-bond acceptors (Lipinski definition) is 3. The van der Waals surface area contributed by atoms with Crippen LogP contribution < -0.4 is 11.1 Å². The summed E-state index contributed by atoms with van der Waals surface area (Å²) in [5.74, 6) is 2.01. The third kappa shape index (κ3) is 3.93. The first-order valence-corrected chi connectivity index (χ1v) is 8.10. The van der Waals surface area contributed by atoms with Crippen molar-refractivity contribution < 1.29 is 9.18 Å². The topological polar surface area (TPSA) is 55.1 Å². The van der Waals surface area contributed by atoms with E-state index in [1.807, 2.05) is 11.8 Å². The number of thioether (sulfide) groups is 1. The van der Waals surface area contributed by atoms with Crippen molar-refractivity contribution in [2.24, 2.45) is 11.7 Å². The van der Waals surface area contributed by atoms with Gasteiger partial charge >= 0.3 is 0 Å². The van der Waals surface area contributed by atoms with Gasteiger partial charge in [-0.05, 0) is 42.4 Å². The summed E-state index contributed by atoms with van der Waals surface area (Å²) in [7, 11) is 0. The van der Waals surface area contributed by atoms with E-state index >= 15 is 0 Å². The lowest BCUT2D eigenvalue weighted by Gasteiger charge is -2.21. The second-order valence-electron chi connectivity index (χ2n) is 4.83. The van der Waals surface area contributed by atoms with Crippen LogP contribution >= 0.6 is 24.0 Å². The number of benzene rings is 1. The smallest absolute Gasteiger partial charge is 0.224 e. The number of hydrogen-bond donors (Lipinski definition) is 2. The molecule has 1 aromatic rings. The number of amides is 1. The van der Waals surface area contributed by atoms with Crippen LogP contribution in [0.15, 0.2) is 18.2 Å². The molecule has 1 heterocycles. The molecule has 0 aliphatic carbocycles. The first-order chi connectivity index (χ1) is 9.58. The van der Waals surface area contributed by atoms with Crippen molar-refractivity contribution in [1.82, 2.24) is 0 Å². The van der Waals surface area contributed by atoms with E-state index in [1.165, 1.54) is 12.1 Å². The van der Waals surface area contributed by atoms with Crippen LogP contribution in [0.25, 0.3) is 0 Å². The number of halogens is 1. The second kappa shape index (κ2) is 7.04. The van der Waals surface area contributed by atoms with Crippen LogP contribution in [0.1, 0.15) is 24.8 Å². The minimum atomic E-state index is -0.510. The number of nitrogens with one attached hydrogen (secondary N) is 1. The molecule has 20 heavy (non-hydrogen) atoms. The van der Waals surface area contributed by atoms with E-state index in [-0.39, 0.29) is 16.5 Å². The van der Waals surface area contributed by atoms with Gasteiger partial charge in [-0.1, -0.05) is 18.3 Å². The lowest BCUT2D eigenvalue weighted by molar-refractivity contribution is -0.117. The molecule has 0 saturated carbocycles. The van der Waals surface area contributed by atoms with Crippen molar-refractivity contribution >= 4 is 40.6 Å². The molecule has 3 nitrogen and oxygen atoms in total. The average Bonchev–Trinajstić information content (AvgIpc) is 2.39. The Balaban J connectivity index is 2.04. The van der Waals surface area contributed by atoms with Gasteiger partial charge < -0.3 is 11.1 Å². The molecule has 1 saturated heterocycles. The third-order valence-electron chi connectivity index (χ3n) is 3.35. The van der Waals surface area contributed by atoms with Crippen LogP contribution in [0.5, 0.6) is 0 Å². The van der Waals surface area contributed by atoms with Crippen LogP contribution in [0.4, 0.5) is 10.1 Å². The number of carbonyl (C=O) groups excluding carboxylic acids is 1. The Morgan fingerprint density at radius 3 is 2.80 bits per heavy atom. The Hall–Kier alpha value is -1.14. The van der Waals surface area contributed by atoms with E-state index in [4.69, 9.17) is 18.0 Å². The number of carbonyl (C=O) groups is 1. The van der Waals surface area contributed by atoms with Crippen LogP contribution in [0.3, 0.4) is 0 Å². The van der Waals surface area contributed by atoms with Gasteiger partial charge in [0, 0.05) is 6.42 Å². The lowest BCUT2D eigenvalue weighted by atomic mass is 9.98. The van der Waals surface area contributed by atoms with Gasteiger partial charge in [-0.25, -0.2) is 4.39 Å².